The fourth-order valence-corrected chi connectivity index (χ4v) is 1.57. The van der Waals surface area contributed by atoms with Gasteiger partial charge in [-0.25, -0.2) is 4.39 Å². The van der Waals surface area contributed by atoms with E-state index in [1.807, 2.05) is 0 Å². The van der Waals surface area contributed by atoms with Crippen LogP contribution in [0.2, 0.25) is 0 Å². The van der Waals surface area contributed by atoms with Crippen molar-refractivity contribution in [2.45, 2.75) is 17.4 Å². The van der Waals surface area contributed by atoms with Crippen molar-refractivity contribution in [3.05, 3.63) is 34.1 Å². The average molecular weight is 348 g/mol. The quantitative estimate of drug-likeness (QED) is 0.807. The Bertz CT molecular complexity index is 374. The van der Waals surface area contributed by atoms with Crippen LogP contribution in [0.3, 0.4) is 0 Å². The van der Waals surface area contributed by atoms with Gasteiger partial charge in [0.1, 0.15) is 5.82 Å². The minimum absolute atomic E-state index is 0.0250. The van der Waals surface area contributed by atoms with Crippen molar-refractivity contribution in [1.82, 2.24) is 0 Å². The summed E-state index contributed by atoms with van der Waals surface area (Å²) in [4.78, 5) is -3.49. The first kappa shape index (κ1) is 13.0. The highest BCUT2D eigenvalue weighted by molar-refractivity contribution is 9.10. The Kier molecular flexibility index (Phi) is 3.52. The molecule has 0 aliphatic rings. The summed E-state index contributed by atoms with van der Waals surface area (Å²) in [7, 11) is 0. The van der Waals surface area contributed by atoms with Crippen LogP contribution in [0.15, 0.2) is 22.7 Å². The van der Waals surface area contributed by atoms with E-state index in [0.717, 1.165) is 25.1 Å². The third-order valence-corrected chi connectivity index (χ3v) is 3.41. The lowest BCUT2D eigenvalue weighted by Gasteiger charge is -2.28. The highest BCUT2D eigenvalue weighted by atomic mass is 79.9. The second-order valence-electron chi connectivity index (χ2n) is 3.20. The Hall–Kier alpha value is -0.0700. The zero-order valence-electron chi connectivity index (χ0n) is 7.57. The van der Waals surface area contributed by atoms with Crippen LogP contribution in [0, 0.1) is 5.82 Å². The van der Waals surface area contributed by atoms with Crippen molar-refractivity contribution in [3.8, 4) is 0 Å². The van der Waals surface area contributed by atoms with E-state index in [1.165, 1.54) is 0 Å². The summed E-state index contributed by atoms with van der Waals surface area (Å²) in [6, 6.07) is 3.23. The molecule has 0 aromatic heterocycles. The van der Waals surface area contributed by atoms with E-state index in [4.69, 9.17) is 0 Å². The van der Waals surface area contributed by atoms with E-state index < -0.39 is 16.3 Å². The topological polar surface area (TPSA) is 20.2 Å². The zero-order valence-corrected chi connectivity index (χ0v) is 10.7. The van der Waals surface area contributed by atoms with Crippen molar-refractivity contribution in [3.63, 3.8) is 0 Å². The van der Waals surface area contributed by atoms with Gasteiger partial charge in [-0.3, -0.25) is 0 Å². The Balaban J connectivity index is 3.22. The van der Waals surface area contributed by atoms with Gasteiger partial charge in [-0.15, -0.1) is 0 Å². The Morgan fingerprint density at radius 2 is 1.87 bits per heavy atom. The number of benzene rings is 1. The molecule has 1 aromatic rings. The van der Waals surface area contributed by atoms with Gasteiger partial charge in [0.15, 0.2) is 5.60 Å². The number of rotatable bonds is 2. The third kappa shape index (κ3) is 2.54. The Morgan fingerprint density at radius 1 is 1.33 bits per heavy atom. The molecule has 0 saturated heterocycles. The molecule has 0 bridgehead atoms. The predicted molar refractivity (Wildman–Crippen MR) is 57.5 cm³/mol. The third-order valence-electron chi connectivity index (χ3n) is 2.03. The average Bonchev–Trinajstić information content (AvgIpc) is 2.07. The number of alkyl halides is 3. The van der Waals surface area contributed by atoms with E-state index in [-0.39, 0.29) is 10.0 Å². The van der Waals surface area contributed by atoms with Crippen LogP contribution < -0.4 is 0 Å². The molecule has 84 valence electrons. The van der Waals surface area contributed by atoms with Gasteiger partial charge in [0.25, 0.3) is 0 Å². The minimum atomic E-state index is -3.49. The molecule has 0 fully saturated rings. The fourth-order valence-electron chi connectivity index (χ4n) is 0.963. The first-order valence-electron chi connectivity index (χ1n) is 3.91. The molecule has 1 unspecified atom stereocenters. The summed E-state index contributed by atoms with van der Waals surface area (Å²) in [5.74, 6) is -0.576. The first-order chi connectivity index (χ1) is 6.66. The maximum absolute atomic E-state index is 13.0. The first-order valence-corrected chi connectivity index (χ1v) is 5.49. The molecule has 0 aliphatic carbocycles. The van der Waals surface area contributed by atoms with Gasteiger partial charge in [-0.2, -0.15) is 8.78 Å². The van der Waals surface area contributed by atoms with Gasteiger partial charge in [-0.05, 0) is 56.5 Å². The highest BCUT2D eigenvalue weighted by Crippen LogP contribution is 2.42. The smallest absolute Gasteiger partial charge is 0.333 e. The standard InChI is InChI=1S/C9H7Br2F3O/c1-8(15,9(11,13)14)5-2-3-7(12)6(10)4-5/h2-4,15H,1H3. The van der Waals surface area contributed by atoms with Crippen LogP contribution in [0.1, 0.15) is 12.5 Å². The zero-order chi connectivity index (χ0) is 11.9. The molecule has 0 aliphatic heterocycles. The van der Waals surface area contributed by atoms with Gasteiger partial charge in [0, 0.05) is 0 Å². The van der Waals surface area contributed by atoms with E-state index in [2.05, 4.69) is 31.9 Å². The van der Waals surface area contributed by atoms with E-state index >= 15 is 0 Å². The van der Waals surface area contributed by atoms with Crippen molar-refractivity contribution in [1.29, 1.82) is 0 Å². The monoisotopic (exact) mass is 346 g/mol. The molecular weight excluding hydrogens is 341 g/mol. The molecule has 0 heterocycles. The summed E-state index contributed by atoms with van der Waals surface area (Å²) < 4.78 is 38.8. The second kappa shape index (κ2) is 4.07. The fraction of sp³-hybridized carbons (Fsp3) is 0.333. The lowest BCUT2D eigenvalue weighted by Crippen LogP contribution is -2.37. The highest BCUT2D eigenvalue weighted by Gasteiger charge is 2.48. The largest absolute Gasteiger partial charge is 0.378 e. The molecular formula is C9H7Br2F3O. The van der Waals surface area contributed by atoms with Crippen molar-refractivity contribution < 1.29 is 18.3 Å². The Labute approximate surface area is 102 Å². The molecule has 1 rings (SSSR count). The van der Waals surface area contributed by atoms with Crippen molar-refractivity contribution >= 4 is 31.9 Å². The molecule has 1 atom stereocenters. The molecule has 1 N–H and O–H groups in total. The van der Waals surface area contributed by atoms with Crippen molar-refractivity contribution in [2.75, 3.05) is 0 Å². The van der Waals surface area contributed by atoms with Crippen LogP contribution >= 0.6 is 31.9 Å². The maximum atomic E-state index is 13.0. The lowest BCUT2D eigenvalue weighted by atomic mass is 9.97. The van der Waals surface area contributed by atoms with Crippen LogP contribution in [-0.4, -0.2) is 9.94 Å². The van der Waals surface area contributed by atoms with E-state index in [1.54, 1.807) is 0 Å². The van der Waals surface area contributed by atoms with Gasteiger partial charge >= 0.3 is 4.83 Å². The molecule has 1 nitrogen and oxygen atoms in total. The molecule has 6 heteroatoms. The maximum Gasteiger partial charge on any atom is 0.333 e. The number of hydrogen-bond donors (Lipinski definition) is 1. The number of halogens is 5. The van der Waals surface area contributed by atoms with Crippen LogP contribution in [0.25, 0.3) is 0 Å². The lowest BCUT2D eigenvalue weighted by molar-refractivity contribution is -0.109. The van der Waals surface area contributed by atoms with E-state index in [9.17, 15) is 18.3 Å². The molecule has 15 heavy (non-hydrogen) atoms. The summed E-state index contributed by atoms with van der Waals surface area (Å²) >= 11 is 4.95. The van der Waals surface area contributed by atoms with Crippen molar-refractivity contribution in [2.24, 2.45) is 0 Å². The van der Waals surface area contributed by atoms with Gasteiger partial charge < -0.3 is 5.11 Å². The summed E-state index contributed by atoms with van der Waals surface area (Å²) in [6.07, 6.45) is 0. The molecule has 1 aromatic carbocycles. The van der Waals surface area contributed by atoms with Crippen LogP contribution in [0.4, 0.5) is 13.2 Å². The summed E-state index contributed by atoms with van der Waals surface area (Å²) in [6.45, 7) is 0.946. The number of aliphatic hydroxyl groups is 1. The normalized spacial score (nSPS) is 16.2. The molecule has 0 amide bonds. The van der Waals surface area contributed by atoms with Crippen LogP contribution in [0.5, 0.6) is 0 Å². The molecule has 0 spiro atoms. The Morgan fingerprint density at radius 3 is 2.27 bits per heavy atom. The molecule has 0 saturated carbocycles. The van der Waals surface area contributed by atoms with Crippen LogP contribution in [-0.2, 0) is 5.60 Å². The predicted octanol–water partition coefficient (Wildman–Crippen LogP) is 3.78. The molecule has 0 radical (unpaired) electrons. The summed E-state index contributed by atoms with van der Waals surface area (Å²) in [5, 5.41) is 9.60. The van der Waals surface area contributed by atoms with Gasteiger partial charge in [-0.1, -0.05) is 6.07 Å². The number of hydrogen-bond acceptors (Lipinski definition) is 1. The van der Waals surface area contributed by atoms with Gasteiger partial charge in [0.05, 0.1) is 4.47 Å². The summed E-state index contributed by atoms with van der Waals surface area (Å²) in [5.41, 5.74) is -2.49. The van der Waals surface area contributed by atoms with Gasteiger partial charge in [0.2, 0.25) is 0 Å². The SMILES string of the molecule is CC(O)(c1ccc(F)c(Br)c1)C(F)(F)Br. The second-order valence-corrected chi connectivity index (χ2v) is 5.05. The van der Waals surface area contributed by atoms with E-state index in [0.29, 0.717) is 0 Å². The minimum Gasteiger partial charge on any atom is -0.378 e.